The lowest BCUT2D eigenvalue weighted by Crippen LogP contribution is -2.45. The normalized spacial score (nSPS) is 26.7. The Morgan fingerprint density at radius 2 is 2.05 bits per heavy atom. The second kappa shape index (κ2) is 7.23. The van der Waals surface area contributed by atoms with E-state index in [-0.39, 0.29) is 5.91 Å². The molecule has 4 heteroatoms. The Hall–Kier alpha value is -0.870. The molecule has 2 aliphatic rings. The molecule has 2 aliphatic carbocycles. The summed E-state index contributed by atoms with van der Waals surface area (Å²) in [7, 11) is 1.92. The third kappa shape index (κ3) is 3.83. The number of carbonyl (C=O) groups is 1. The van der Waals surface area contributed by atoms with Crippen molar-refractivity contribution < 1.29 is 4.79 Å². The third-order valence-electron chi connectivity index (χ3n) is 4.82. The van der Waals surface area contributed by atoms with Gasteiger partial charge in [0.1, 0.15) is 0 Å². The summed E-state index contributed by atoms with van der Waals surface area (Å²) < 4.78 is 0. The van der Waals surface area contributed by atoms with Crippen molar-refractivity contribution in [3.05, 3.63) is 11.8 Å². The van der Waals surface area contributed by atoms with Crippen LogP contribution in [0.25, 0.3) is 0 Å². The van der Waals surface area contributed by atoms with Gasteiger partial charge >= 0.3 is 0 Å². The summed E-state index contributed by atoms with van der Waals surface area (Å²) >= 11 is 0. The number of allylic oxidation sites excluding steroid dienone is 2. The number of nitrogens with zero attached hydrogens (tertiary/aromatic N) is 2. The Kier molecular flexibility index (Phi) is 5.61. The first-order chi connectivity index (χ1) is 9.61. The van der Waals surface area contributed by atoms with Gasteiger partial charge in [0.05, 0.1) is 6.54 Å². The van der Waals surface area contributed by atoms with E-state index in [0.717, 1.165) is 45.1 Å². The lowest BCUT2D eigenvalue weighted by molar-refractivity contribution is -0.130. The molecule has 0 aromatic carbocycles. The molecule has 2 rings (SSSR count). The highest BCUT2D eigenvalue weighted by molar-refractivity contribution is 5.79. The summed E-state index contributed by atoms with van der Waals surface area (Å²) in [6.07, 6.45) is 10.0. The highest BCUT2D eigenvalue weighted by Gasteiger charge is 2.26. The van der Waals surface area contributed by atoms with Gasteiger partial charge in [-0.1, -0.05) is 13.0 Å². The lowest BCUT2D eigenvalue weighted by Gasteiger charge is -2.35. The van der Waals surface area contributed by atoms with E-state index in [1.54, 1.807) is 0 Å². The Labute approximate surface area is 123 Å². The van der Waals surface area contributed by atoms with Crippen molar-refractivity contribution in [3.63, 3.8) is 0 Å². The number of hydrogen-bond donors (Lipinski definition) is 1. The number of carbonyl (C=O) groups excluding carboxylic acids is 1. The summed E-state index contributed by atoms with van der Waals surface area (Å²) in [5.74, 6) is 0.231. The van der Waals surface area contributed by atoms with E-state index in [1.807, 2.05) is 11.9 Å². The van der Waals surface area contributed by atoms with Gasteiger partial charge in [0.15, 0.2) is 0 Å². The molecule has 0 heterocycles. The quantitative estimate of drug-likeness (QED) is 0.838. The first-order valence-electron chi connectivity index (χ1n) is 8.07. The molecule has 114 valence electrons. The summed E-state index contributed by atoms with van der Waals surface area (Å²) in [5.41, 5.74) is 7.17. The van der Waals surface area contributed by atoms with Crippen LogP contribution in [0.3, 0.4) is 0 Å². The summed E-state index contributed by atoms with van der Waals surface area (Å²) in [4.78, 5) is 16.6. The molecule has 0 saturated heterocycles. The van der Waals surface area contributed by atoms with E-state index in [0.29, 0.717) is 18.6 Å². The second-order valence-corrected chi connectivity index (χ2v) is 6.17. The van der Waals surface area contributed by atoms with E-state index in [2.05, 4.69) is 17.9 Å². The van der Waals surface area contributed by atoms with Crippen molar-refractivity contribution in [1.82, 2.24) is 9.80 Å². The predicted octanol–water partition coefficient (Wildman–Crippen LogP) is 2.10. The van der Waals surface area contributed by atoms with Crippen molar-refractivity contribution in [2.75, 3.05) is 20.1 Å². The number of hydrogen-bond acceptors (Lipinski definition) is 3. The zero-order chi connectivity index (χ0) is 14.5. The average Bonchev–Trinajstić information content (AvgIpc) is 2.99. The van der Waals surface area contributed by atoms with Crippen molar-refractivity contribution in [3.8, 4) is 0 Å². The molecule has 0 radical (unpaired) electrons. The highest BCUT2D eigenvalue weighted by atomic mass is 16.2. The van der Waals surface area contributed by atoms with Gasteiger partial charge in [-0.15, -0.1) is 0 Å². The fourth-order valence-electron chi connectivity index (χ4n) is 3.36. The smallest absolute Gasteiger partial charge is 0.240 e. The molecule has 0 atom stereocenters. The van der Waals surface area contributed by atoms with E-state index in [4.69, 9.17) is 5.73 Å². The van der Waals surface area contributed by atoms with E-state index in [1.165, 1.54) is 12.1 Å². The number of nitrogens with two attached hydrogens (primary N) is 1. The van der Waals surface area contributed by atoms with Crippen LogP contribution in [0, 0.1) is 0 Å². The van der Waals surface area contributed by atoms with Gasteiger partial charge in [0.2, 0.25) is 5.91 Å². The first kappa shape index (κ1) is 15.5. The Bertz CT molecular complexity index is 359. The Morgan fingerprint density at radius 1 is 1.35 bits per heavy atom. The molecular formula is C16H29N3O. The Morgan fingerprint density at radius 3 is 2.60 bits per heavy atom. The highest BCUT2D eigenvalue weighted by Crippen LogP contribution is 2.23. The lowest BCUT2D eigenvalue weighted by atomic mass is 9.90. The minimum atomic E-state index is 0.231. The minimum Gasteiger partial charge on any atom is -0.328 e. The van der Waals surface area contributed by atoms with E-state index < -0.39 is 0 Å². The van der Waals surface area contributed by atoms with Gasteiger partial charge in [0, 0.05) is 24.8 Å². The predicted molar refractivity (Wildman–Crippen MR) is 82.2 cm³/mol. The van der Waals surface area contributed by atoms with E-state index >= 15 is 0 Å². The van der Waals surface area contributed by atoms with Gasteiger partial charge in [-0.3, -0.25) is 9.69 Å². The van der Waals surface area contributed by atoms with Crippen LogP contribution in [0.5, 0.6) is 0 Å². The van der Waals surface area contributed by atoms with Crippen molar-refractivity contribution >= 4 is 5.91 Å². The van der Waals surface area contributed by atoms with Crippen molar-refractivity contribution in [1.29, 1.82) is 0 Å². The topological polar surface area (TPSA) is 49.6 Å². The second-order valence-electron chi connectivity index (χ2n) is 6.17. The van der Waals surface area contributed by atoms with Gasteiger partial charge in [0.25, 0.3) is 0 Å². The van der Waals surface area contributed by atoms with Crippen LogP contribution in [0.1, 0.15) is 51.9 Å². The fraction of sp³-hybridized carbons (Fsp3) is 0.812. The number of rotatable bonds is 5. The van der Waals surface area contributed by atoms with Crippen LogP contribution in [-0.4, -0.2) is 47.9 Å². The average molecular weight is 279 g/mol. The SMILES string of the molecule is CCN(CC(=O)N(C)C1=CCCC1)C1CCC(N)CC1. The molecule has 0 unspecified atom stereocenters. The van der Waals surface area contributed by atoms with Gasteiger partial charge in [-0.25, -0.2) is 0 Å². The zero-order valence-electron chi connectivity index (χ0n) is 13.0. The fourth-order valence-corrected chi connectivity index (χ4v) is 3.36. The van der Waals surface area contributed by atoms with Crippen LogP contribution in [-0.2, 0) is 4.79 Å². The molecule has 0 aliphatic heterocycles. The van der Waals surface area contributed by atoms with Crippen molar-refractivity contribution in [2.24, 2.45) is 5.73 Å². The molecule has 1 fully saturated rings. The minimum absolute atomic E-state index is 0.231. The maximum atomic E-state index is 12.4. The molecule has 1 amide bonds. The molecule has 0 aromatic heterocycles. The van der Waals surface area contributed by atoms with E-state index in [9.17, 15) is 4.79 Å². The third-order valence-corrected chi connectivity index (χ3v) is 4.82. The largest absolute Gasteiger partial charge is 0.328 e. The molecule has 0 bridgehead atoms. The molecule has 4 nitrogen and oxygen atoms in total. The number of amides is 1. The summed E-state index contributed by atoms with van der Waals surface area (Å²) in [6.45, 7) is 3.64. The van der Waals surface area contributed by atoms with Gasteiger partial charge < -0.3 is 10.6 Å². The molecule has 2 N–H and O–H groups in total. The Balaban J connectivity index is 1.87. The van der Waals surface area contributed by atoms with Crippen LogP contribution in [0.4, 0.5) is 0 Å². The van der Waals surface area contributed by atoms with Crippen LogP contribution >= 0.6 is 0 Å². The molecule has 1 saturated carbocycles. The summed E-state index contributed by atoms with van der Waals surface area (Å²) in [5, 5.41) is 0. The maximum Gasteiger partial charge on any atom is 0.240 e. The number of likely N-dealkylation sites (N-methyl/N-ethyl adjacent to an activating group) is 2. The van der Waals surface area contributed by atoms with Crippen LogP contribution in [0.2, 0.25) is 0 Å². The van der Waals surface area contributed by atoms with Crippen LogP contribution < -0.4 is 5.73 Å². The van der Waals surface area contributed by atoms with Crippen molar-refractivity contribution in [2.45, 2.75) is 64.0 Å². The maximum absolute atomic E-state index is 12.4. The first-order valence-corrected chi connectivity index (χ1v) is 8.07. The summed E-state index contributed by atoms with van der Waals surface area (Å²) in [6, 6.07) is 0.904. The van der Waals surface area contributed by atoms with Gasteiger partial charge in [-0.2, -0.15) is 0 Å². The molecule has 0 aromatic rings. The van der Waals surface area contributed by atoms with Gasteiger partial charge in [-0.05, 0) is 51.5 Å². The van der Waals surface area contributed by atoms with Crippen LogP contribution in [0.15, 0.2) is 11.8 Å². The molecule has 0 spiro atoms. The molecule has 20 heavy (non-hydrogen) atoms. The molecular weight excluding hydrogens is 250 g/mol. The standard InChI is InChI=1S/C16H29N3O/c1-3-19(15-10-8-13(17)9-11-15)12-16(20)18(2)14-6-4-5-7-14/h6,13,15H,3-5,7-12,17H2,1-2H3. The monoisotopic (exact) mass is 279 g/mol. The zero-order valence-corrected chi connectivity index (χ0v) is 13.0.